The number of carbonyl (C=O) groups excluding carboxylic acids is 1. The molecule has 4 aromatic rings. The summed E-state index contributed by atoms with van der Waals surface area (Å²) >= 11 is 1.31. The van der Waals surface area contributed by atoms with Crippen LogP contribution in [0.15, 0.2) is 47.6 Å². The van der Waals surface area contributed by atoms with Crippen molar-refractivity contribution in [3.63, 3.8) is 0 Å². The Kier molecular flexibility index (Phi) is 6.03. The maximum atomic E-state index is 12.7. The minimum atomic E-state index is -0.212. The molecule has 2 aromatic carbocycles. The molecule has 4 rings (SSSR count). The van der Waals surface area contributed by atoms with Crippen molar-refractivity contribution < 1.29 is 4.79 Å². The van der Waals surface area contributed by atoms with Gasteiger partial charge in [-0.2, -0.15) is 4.68 Å². The predicted molar refractivity (Wildman–Crippen MR) is 121 cm³/mol. The minimum absolute atomic E-state index is 0.0978. The standard InChI is InChI=1S/C22H25N7OS/c1-13(2)20(21-23-16-7-5-6-8-17(16)24-21)25-19(30)12-31-22-26-27-28-29(22)18-10-9-14(3)11-15(18)4/h5-11,13,20H,12H2,1-4H3,(H,23,24)(H,25,30). The van der Waals surface area contributed by atoms with Crippen molar-refractivity contribution in [2.45, 2.75) is 38.9 Å². The van der Waals surface area contributed by atoms with Crippen LogP contribution < -0.4 is 5.32 Å². The fourth-order valence-corrected chi connectivity index (χ4v) is 4.17. The average molecular weight is 436 g/mol. The van der Waals surface area contributed by atoms with Gasteiger partial charge in [0.05, 0.1) is 28.5 Å². The molecule has 0 aliphatic heterocycles. The number of aromatic amines is 1. The fourth-order valence-electron chi connectivity index (χ4n) is 3.48. The molecule has 9 heteroatoms. The van der Waals surface area contributed by atoms with Gasteiger partial charge in [0.25, 0.3) is 0 Å². The van der Waals surface area contributed by atoms with Crippen molar-refractivity contribution in [2.75, 3.05) is 5.75 Å². The van der Waals surface area contributed by atoms with Gasteiger partial charge < -0.3 is 10.3 Å². The third kappa shape index (κ3) is 4.61. The monoisotopic (exact) mass is 435 g/mol. The van der Waals surface area contributed by atoms with E-state index in [1.165, 1.54) is 17.3 Å². The van der Waals surface area contributed by atoms with Gasteiger partial charge in [0.15, 0.2) is 0 Å². The third-order valence-corrected chi connectivity index (χ3v) is 5.96. The molecule has 0 spiro atoms. The number of nitrogens with one attached hydrogen (secondary N) is 2. The molecule has 0 radical (unpaired) electrons. The van der Waals surface area contributed by atoms with Gasteiger partial charge in [-0.15, -0.1) is 5.10 Å². The summed E-state index contributed by atoms with van der Waals surface area (Å²) in [5.41, 5.74) is 5.00. The first kappa shape index (κ1) is 21.0. The van der Waals surface area contributed by atoms with E-state index in [-0.39, 0.29) is 23.6 Å². The molecule has 1 unspecified atom stereocenters. The Morgan fingerprint density at radius 2 is 2.00 bits per heavy atom. The average Bonchev–Trinajstić information content (AvgIpc) is 3.37. The van der Waals surface area contributed by atoms with Crippen molar-refractivity contribution in [3.8, 4) is 5.69 Å². The molecule has 0 bridgehead atoms. The number of aryl methyl sites for hydroxylation is 2. The lowest BCUT2D eigenvalue weighted by Gasteiger charge is -2.20. The molecule has 2 heterocycles. The van der Waals surface area contributed by atoms with Gasteiger partial charge in [-0.25, -0.2) is 4.98 Å². The van der Waals surface area contributed by atoms with Crippen molar-refractivity contribution in [2.24, 2.45) is 5.92 Å². The van der Waals surface area contributed by atoms with Crippen LogP contribution in [-0.2, 0) is 4.79 Å². The van der Waals surface area contributed by atoms with Crippen LogP contribution >= 0.6 is 11.8 Å². The first-order chi connectivity index (χ1) is 14.9. The maximum absolute atomic E-state index is 12.7. The number of para-hydroxylation sites is 2. The normalized spacial score (nSPS) is 12.4. The lowest BCUT2D eigenvalue weighted by molar-refractivity contribution is -0.119. The van der Waals surface area contributed by atoms with Crippen LogP contribution in [0.25, 0.3) is 16.7 Å². The van der Waals surface area contributed by atoms with E-state index in [9.17, 15) is 4.79 Å². The number of tetrazole rings is 1. The molecule has 2 N–H and O–H groups in total. The number of fused-ring (bicyclic) bond motifs is 1. The van der Waals surface area contributed by atoms with Crippen LogP contribution in [-0.4, -0.2) is 41.8 Å². The second-order valence-electron chi connectivity index (χ2n) is 7.88. The lowest BCUT2D eigenvalue weighted by atomic mass is 10.0. The van der Waals surface area contributed by atoms with E-state index in [1.54, 1.807) is 4.68 Å². The second kappa shape index (κ2) is 8.89. The SMILES string of the molecule is Cc1ccc(-n2nnnc2SCC(=O)NC(c2nc3ccccc3[nH]2)C(C)C)c(C)c1. The van der Waals surface area contributed by atoms with Crippen LogP contribution in [0, 0.1) is 19.8 Å². The summed E-state index contributed by atoms with van der Waals surface area (Å²) in [5, 5.41) is 15.7. The number of aromatic nitrogens is 6. The van der Waals surface area contributed by atoms with Gasteiger partial charge in [-0.1, -0.05) is 55.4 Å². The van der Waals surface area contributed by atoms with E-state index in [2.05, 4.69) is 50.7 Å². The largest absolute Gasteiger partial charge is 0.345 e. The van der Waals surface area contributed by atoms with Gasteiger partial charge >= 0.3 is 0 Å². The Labute approximate surface area is 184 Å². The molecule has 0 saturated carbocycles. The molecular weight excluding hydrogens is 410 g/mol. The third-order valence-electron chi connectivity index (χ3n) is 5.04. The van der Waals surface area contributed by atoms with E-state index in [0.717, 1.165) is 28.1 Å². The van der Waals surface area contributed by atoms with Gasteiger partial charge in [0, 0.05) is 0 Å². The molecule has 0 fully saturated rings. The summed E-state index contributed by atoms with van der Waals surface area (Å²) < 4.78 is 1.67. The number of thioether (sulfide) groups is 1. The number of imidazole rings is 1. The molecule has 2 aromatic heterocycles. The molecule has 1 atom stereocenters. The summed E-state index contributed by atoms with van der Waals surface area (Å²) in [6.07, 6.45) is 0. The van der Waals surface area contributed by atoms with E-state index in [0.29, 0.717) is 5.16 Å². The number of nitrogens with zero attached hydrogens (tertiary/aromatic N) is 5. The number of H-pyrrole nitrogens is 1. The van der Waals surface area contributed by atoms with Crippen molar-refractivity contribution in [1.29, 1.82) is 0 Å². The van der Waals surface area contributed by atoms with Crippen molar-refractivity contribution in [3.05, 3.63) is 59.4 Å². The Morgan fingerprint density at radius 3 is 2.74 bits per heavy atom. The highest BCUT2D eigenvalue weighted by Crippen LogP contribution is 2.24. The van der Waals surface area contributed by atoms with E-state index >= 15 is 0 Å². The zero-order valence-electron chi connectivity index (χ0n) is 18.0. The number of benzene rings is 2. The van der Waals surface area contributed by atoms with Crippen LogP contribution in [0.2, 0.25) is 0 Å². The molecule has 0 aliphatic carbocycles. The zero-order chi connectivity index (χ0) is 22.0. The molecule has 31 heavy (non-hydrogen) atoms. The summed E-state index contributed by atoms with van der Waals surface area (Å²) in [4.78, 5) is 20.7. The Bertz CT molecular complexity index is 1180. The summed E-state index contributed by atoms with van der Waals surface area (Å²) in [5.74, 6) is 1.04. The molecule has 1 amide bonds. The maximum Gasteiger partial charge on any atom is 0.231 e. The number of hydrogen-bond donors (Lipinski definition) is 2. The zero-order valence-corrected chi connectivity index (χ0v) is 18.8. The number of hydrogen-bond acceptors (Lipinski definition) is 6. The number of carbonyl (C=O) groups is 1. The van der Waals surface area contributed by atoms with E-state index in [4.69, 9.17) is 0 Å². The topological polar surface area (TPSA) is 101 Å². The summed E-state index contributed by atoms with van der Waals surface area (Å²) in [6, 6.07) is 13.7. The smallest absolute Gasteiger partial charge is 0.231 e. The lowest BCUT2D eigenvalue weighted by Crippen LogP contribution is -2.33. The van der Waals surface area contributed by atoms with Gasteiger partial charge in [0.2, 0.25) is 11.1 Å². The van der Waals surface area contributed by atoms with Crippen LogP contribution in [0.5, 0.6) is 0 Å². The van der Waals surface area contributed by atoms with Crippen molar-refractivity contribution in [1.82, 2.24) is 35.5 Å². The Hall–Kier alpha value is -3.20. The Balaban J connectivity index is 1.46. The molecular formula is C22H25N7OS. The summed E-state index contributed by atoms with van der Waals surface area (Å²) in [6.45, 7) is 8.19. The molecule has 0 saturated heterocycles. The first-order valence-electron chi connectivity index (χ1n) is 10.1. The van der Waals surface area contributed by atoms with Crippen LogP contribution in [0.3, 0.4) is 0 Å². The van der Waals surface area contributed by atoms with Crippen LogP contribution in [0.1, 0.15) is 36.8 Å². The minimum Gasteiger partial charge on any atom is -0.345 e. The second-order valence-corrected chi connectivity index (χ2v) is 8.82. The van der Waals surface area contributed by atoms with Gasteiger partial charge in [-0.3, -0.25) is 4.79 Å². The molecule has 0 aliphatic rings. The highest BCUT2D eigenvalue weighted by Gasteiger charge is 2.22. The predicted octanol–water partition coefficient (Wildman–Crippen LogP) is 3.76. The van der Waals surface area contributed by atoms with E-state index < -0.39 is 0 Å². The first-order valence-corrected chi connectivity index (χ1v) is 11.1. The highest BCUT2D eigenvalue weighted by molar-refractivity contribution is 7.99. The number of rotatable bonds is 7. The molecule has 160 valence electrons. The quantitative estimate of drug-likeness (QED) is 0.429. The van der Waals surface area contributed by atoms with E-state index in [1.807, 2.05) is 50.2 Å². The fraction of sp³-hybridized carbons (Fsp3) is 0.318. The van der Waals surface area contributed by atoms with Crippen molar-refractivity contribution >= 4 is 28.7 Å². The molecule has 8 nitrogen and oxygen atoms in total. The van der Waals surface area contributed by atoms with Gasteiger partial charge in [-0.05, 0) is 54.0 Å². The van der Waals surface area contributed by atoms with Crippen LogP contribution in [0.4, 0.5) is 0 Å². The highest BCUT2D eigenvalue weighted by atomic mass is 32.2. The number of amides is 1. The van der Waals surface area contributed by atoms with Gasteiger partial charge in [0.1, 0.15) is 5.82 Å². The Morgan fingerprint density at radius 1 is 1.19 bits per heavy atom. The summed E-state index contributed by atoms with van der Waals surface area (Å²) in [7, 11) is 0.